The molecule has 5 heteroatoms. The van der Waals surface area contributed by atoms with Crippen molar-refractivity contribution in [3.63, 3.8) is 0 Å². The minimum atomic E-state index is -0.405. The monoisotopic (exact) mass is 609 g/mol. The van der Waals surface area contributed by atoms with Crippen LogP contribution < -0.4 is 4.74 Å². The first-order valence-corrected chi connectivity index (χ1v) is 15.7. The molecule has 0 saturated heterocycles. The molecule has 3 heterocycles. The van der Waals surface area contributed by atoms with Gasteiger partial charge in [-0.25, -0.2) is 15.0 Å². The molecule has 5 aromatic carbocycles. The molecular weight excluding hydrogens is 578 g/mol. The Balaban J connectivity index is 1.22. The van der Waals surface area contributed by atoms with Crippen molar-refractivity contribution in [1.29, 1.82) is 0 Å². The summed E-state index contributed by atoms with van der Waals surface area (Å²) in [5.41, 5.74) is 7.17. The van der Waals surface area contributed by atoms with E-state index in [-0.39, 0.29) is 0 Å². The topological polar surface area (TPSA) is 61.0 Å². The fraction of sp³-hybridized carbons (Fsp3) is 0.0714. The molecule has 0 bridgehead atoms. The van der Waals surface area contributed by atoms with Gasteiger partial charge in [0, 0.05) is 38.5 Å². The average Bonchev–Trinajstić information content (AvgIpc) is 3.51. The predicted molar refractivity (Wildman–Crippen MR) is 190 cm³/mol. The lowest BCUT2D eigenvalue weighted by Crippen LogP contribution is -2.15. The van der Waals surface area contributed by atoms with Gasteiger partial charge in [0.1, 0.15) is 5.58 Å². The van der Waals surface area contributed by atoms with Gasteiger partial charge in [0.05, 0.1) is 6.26 Å². The highest BCUT2D eigenvalue weighted by molar-refractivity contribution is 6.07. The molecule has 0 saturated carbocycles. The summed E-state index contributed by atoms with van der Waals surface area (Å²) in [6, 6.07) is 41.1. The fourth-order valence-electron chi connectivity index (χ4n) is 6.02. The van der Waals surface area contributed by atoms with E-state index >= 15 is 0 Å². The van der Waals surface area contributed by atoms with Crippen LogP contribution >= 0.6 is 0 Å². The van der Waals surface area contributed by atoms with Crippen molar-refractivity contribution in [3.05, 3.63) is 163 Å². The zero-order valence-electron chi connectivity index (χ0n) is 26.1. The Morgan fingerprint density at radius 1 is 0.553 bits per heavy atom. The lowest BCUT2D eigenvalue weighted by molar-refractivity contribution is 0.457. The summed E-state index contributed by atoms with van der Waals surface area (Å²) in [4.78, 5) is 14.9. The lowest BCUT2D eigenvalue weighted by atomic mass is 9.82. The molecule has 8 rings (SSSR count). The van der Waals surface area contributed by atoms with Crippen LogP contribution in [0.1, 0.15) is 25.2 Å². The number of aromatic nitrogens is 3. The molecule has 0 unspecified atom stereocenters. The Morgan fingerprint density at radius 2 is 1.15 bits per heavy atom. The van der Waals surface area contributed by atoms with Crippen molar-refractivity contribution in [2.24, 2.45) is 0 Å². The second-order valence-electron chi connectivity index (χ2n) is 12.2. The van der Waals surface area contributed by atoms with E-state index in [0.717, 1.165) is 55.3 Å². The van der Waals surface area contributed by atoms with E-state index in [4.69, 9.17) is 24.1 Å². The Hall–Kier alpha value is -6.07. The number of ether oxygens (including phenoxy) is 1. The van der Waals surface area contributed by atoms with Crippen LogP contribution in [0.25, 0.3) is 61.4 Å². The molecule has 0 radical (unpaired) electrons. The molecule has 0 amide bonds. The van der Waals surface area contributed by atoms with Gasteiger partial charge in [0.2, 0.25) is 0 Å². The Kier molecular flexibility index (Phi) is 7.07. The van der Waals surface area contributed by atoms with Crippen LogP contribution in [-0.4, -0.2) is 15.0 Å². The maximum atomic E-state index is 6.35. The summed E-state index contributed by atoms with van der Waals surface area (Å²) in [7, 11) is 0. The third kappa shape index (κ3) is 5.42. The van der Waals surface area contributed by atoms with Crippen LogP contribution in [0.3, 0.4) is 0 Å². The number of furan rings is 1. The van der Waals surface area contributed by atoms with Crippen LogP contribution in [0.5, 0.6) is 5.75 Å². The first-order chi connectivity index (χ1) is 23.0. The summed E-state index contributed by atoms with van der Waals surface area (Å²) in [6.45, 7) is 4.34. The lowest BCUT2D eigenvalue weighted by Gasteiger charge is -2.24. The normalized spacial score (nSPS) is 16.5. The maximum absolute atomic E-state index is 6.35. The number of para-hydroxylation sites is 1. The second kappa shape index (κ2) is 11.7. The highest BCUT2D eigenvalue weighted by Crippen LogP contribution is 2.43. The molecule has 5 nitrogen and oxygen atoms in total. The Bertz CT molecular complexity index is 2330. The van der Waals surface area contributed by atoms with Crippen LogP contribution in [-0.2, 0) is 5.41 Å². The first kappa shape index (κ1) is 28.4. The largest absolute Gasteiger partial charge is 0.461 e. The minimum Gasteiger partial charge on any atom is -0.461 e. The van der Waals surface area contributed by atoms with Gasteiger partial charge >= 0.3 is 0 Å². The third-order valence-electron chi connectivity index (χ3n) is 8.59. The van der Waals surface area contributed by atoms with Gasteiger partial charge in [-0.15, -0.1) is 0 Å². The van der Waals surface area contributed by atoms with Gasteiger partial charge in [-0.1, -0.05) is 135 Å². The van der Waals surface area contributed by atoms with Crippen molar-refractivity contribution in [3.8, 4) is 39.7 Å². The van der Waals surface area contributed by atoms with Crippen LogP contribution in [0.4, 0.5) is 0 Å². The van der Waals surface area contributed by atoms with E-state index in [9.17, 15) is 0 Å². The van der Waals surface area contributed by atoms with Gasteiger partial charge in [-0.05, 0) is 35.4 Å². The summed E-state index contributed by atoms with van der Waals surface area (Å²) in [6.07, 6.45) is 9.82. The Morgan fingerprint density at radius 3 is 1.89 bits per heavy atom. The standard InChI is InChI=1S/C42H31N3O2/c1-42(2)26-25-31(16-11-27-46-38-35(42)24-23-34-33-17-9-10-18-36(33)47-37(34)38)40-43-39(30-14-7-4-8-15-30)44-41(45-40)32-21-19-29(20-22-32)28-12-5-3-6-13-28/h3-27H,1-2H3/b26-25+,27-11+,31-16+. The van der Waals surface area contributed by atoms with Gasteiger partial charge in [-0.3, -0.25) is 0 Å². The summed E-state index contributed by atoms with van der Waals surface area (Å²) in [5, 5.41) is 2.10. The smallest absolute Gasteiger partial charge is 0.178 e. The number of allylic oxidation sites excluding steroid dienone is 5. The van der Waals surface area contributed by atoms with E-state index in [2.05, 4.69) is 80.6 Å². The molecule has 0 N–H and O–H groups in total. The number of nitrogens with zero attached hydrogens (tertiary/aromatic N) is 3. The summed E-state index contributed by atoms with van der Waals surface area (Å²) >= 11 is 0. The third-order valence-corrected chi connectivity index (χ3v) is 8.59. The van der Waals surface area contributed by atoms with E-state index in [1.54, 1.807) is 6.26 Å². The number of hydrogen-bond donors (Lipinski definition) is 0. The van der Waals surface area contributed by atoms with E-state index in [1.807, 2.05) is 78.9 Å². The molecule has 47 heavy (non-hydrogen) atoms. The van der Waals surface area contributed by atoms with Crippen LogP contribution in [0, 0.1) is 0 Å². The average molecular weight is 610 g/mol. The highest BCUT2D eigenvalue weighted by Gasteiger charge is 2.26. The van der Waals surface area contributed by atoms with Crippen LogP contribution in [0.15, 0.2) is 156 Å². The number of hydrogen-bond acceptors (Lipinski definition) is 5. The van der Waals surface area contributed by atoms with E-state index in [1.165, 1.54) is 0 Å². The molecule has 0 spiro atoms. The highest BCUT2D eigenvalue weighted by atomic mass is 16.5. The quantitative estimate of drug-likeness (QED) is 0.199. The second-order valence-corrected chi connectivity index (χ2v) is 12.2. The fourth-order valence-corrected chi connectivity index (χ4v) is 6.02. The molecule has 0 atom stereocenters. The molecular formula is C42H31N3O2. The van der Waals surface area contributed by atoms with Gasteiger partial charge < -0.3 is 9.15 Å². The number of fused-ring (bicyclic) bond motifs is 5. The number of benzene rings is 5. The Labute approximate surface area is 273 Å². The minimum absolute atomic E-state index is 0.405. The SMILES string of the molecule is CC1(C)/C=C/C(c2nc(-c3ccccc3)nc(-c3ccc(-c4ccccc4)cc3)n2)=C\C=C\Oc2c1ccc1c2oc2ccccc21. The zero-order chi connectivity index (χ0) is 31.8. The summed E-state index contributed by atoms with van der Waals surface area (Å²) in [5.74, 6) is 2.51. The van der Waals surface area contributed by atoms with Gasteiger partial charge in [0.15, 0.2) is 28.8 Å². The molecule has 1 aliphatic rings. The van der Waals surface area contributed by atoms with Crippen LogP contribution in [0.2, 0.25) is 0 Å². The molecule has 7 aromatic rings. The van der Waals surface area contributed by atoms with Crippen molar-refractivity contribution in [1.82, 2.24) is 15.0 Å². The van der Waals surface area contributed by atoms with Crippen molar-refractivity contribution in [2.75, 3.05) is 0 Å². The molecule has 2 aromatic heterocycles. The van der Waals surface area contributed by atoms with Crippen molar-refractivity contribution >= 4 is 27.5 Å². The molecule has 1 aliphatic heterocycles. The molecule has 0 aliphatic carbocycles. The molecule has 226 valence electrons. The van der Waals surface area contributed by atoms with Crippen molar-refractivity contribution < 1.29 is 9.15 Å². The van der Waals surface area contributed by atoms with Gasteiger partial charge in [-0.2, -0.15) is 0 Å². The van der Waals surface area contributed by atoms with E-state index in [0.29, 0.717) is 23.2 Å². The predicted octanol–water partition coefficient (Wildman–Crippen LogP) is 10.6. The number of rotatable bonds is 4. The summed E-state index contributed by atoms with van der Waals surface area (Å²) < 4.78 is 12.7. The zero-order valence-corrected chi connectivity index (χ0v) is 26.1. The van der Waals surface area contributed by atoms with E-state index < -0.39 is 5.41 Å². The molecule has 0 fully saturated rings. The van der Waals surface area contributed by atoms with Gasteiger partial charge in [0.25, 0.3) is 0 Å². The maximum Gasteiger partial charge on any atom is 0.178 e. The van der Waals surface area contributed by atoms with Crippen molar-refractivity contribution in [2.45, 2.75) is 19.3 Å². The first-order valence-electron chi connectivity index (χ1n) is 15.7.